The average Bonchev–Trinajstić information content (AvgIpc) is 2.53. The van der Waals surface area contributed by atoms with E-state index in [1.165, 1.54) is 12.1 Å². The van der Waals surface area contributed by atoms with E-state index in [0.717, 1.165) is 51.4 Å². The van der Waals surface area contributed by atoms with E-state index in [4.69, 9.17) is 4.12 Å². The van der Waals surface area contributed by atoms with Gasteiger partial charge in [0.05, 0.1) is 24.4 Å². The highest BCUT2D eigenvalue weighted by Gasteiger charge is 2.28. The summed E-state index contributed by atoms with van der Waals surface area (Å²) in [6.45, 7) is 0. The van der Waals surface area contributed by atoms with Crippen LogP contribution < -0.4 is 0 Å². The van der Waals surface area contributed by atoms with Crippen molar-refractivity contribution in [2.45, 2.75) is 87.9 Å². The molecule has 5 nitrogen and oxygen atoms in total. The standard InChI is InChI=1S/C16H34O5Si2/c17-13-3-1-11(9-15(13)19)5-7-22-21-23-8-6-12-2-4-14(18)16(20)10-12/h11-20H,1-10,22-23H2. The maximum absolute atomic E-state index is 9.68. The molecule has 2 fully saturated rings. The van der Waals surface area contributed by atoms with Crippen LogP contribution in [0.2, 0.25) is 12.1 Å². The predicted molar refractivity (Wildman–Crippen MR) is 95.7 cm³/mol. The normalized spacial score (nSPS) is 39.7. The molecular weight excluding hydrogens is 328 g/mol. The minimum atomic E-state index is -0.518. The van der Waals surface area contributed by atoms with Crippen LogP contribution in [0.15, 0.2) is 0 Å². The molecule has 23 heavy (non-hydrogen) atoms. The molecule has 0 amide bonds. The second-order valence-corrected chi connectivity index (χ2v) is 11.4. The highest BCUT2D eigenvalue weighted by molar-refractivity contribution is 6.42. The lowest BCUT2D eigenvalue weighted by atomic mass is 9.84. The van der Waals surface area contributed by atoms with Gasteiger partial charge < -0.3 is 24.5 Å². The molecular formula is C16H34O5Si2. The molecule has 6 atom stereocenters. The van der Waals surface area contributed by atoms with Crippen molar-refractivity contribution in [1.82, 2.24) is 0 Å². The Bertz CT molecular complexity index is 304. The number of hydrogen-bond acceptors (Lipinski definition) is 5. The predicted octanol–water partition coefficient (Wildman–Crippen LogP) is -0.169. The van der Waals surface area contributed by atoms with Gasteiger partial charge in [-0.2, -0.15) is 0 Å². The third-order valence-electron chi connectivity index (χ3n) is 5.58. The van der Waals surface area contributed by atoms with Crippen molar-refractivity contribution in [3.05, 3.63) is 0 Å². The molecule has 0 aromatic carbocycles. The quantitative estimate of drug-likeness (QED) is 0.356. The molecule has 0 aromatic rings. The van der Waals surface area contributed by atoms with E-state index in [0.29, 0.717) is 11.8 Å². The minimum Gasteiger partial charge on any atom is -0.465 e. The fourth-order valence-electron chi connectivity index (χ4n) is 4.01. The molecule has 2 aliphatic carbocycles. The molecule has 7 heteroatoms. The van der Waals surface area contributed by atoms with Gasteiger partial charge in [0.2, 0.25) is 0 Å². The first-order valence-corrected chi connectivity index (χ1v) is 12.5. The largest absolute Gasteiger partial charge is 0.465 e. The summed E-state index contributed by atoms with van der Waals surface area (Å²) in [5.74, 6) is 1.14. The van der Waals surface area contributed by atoms with Crippen LogP contribution in [0.5, 0.6) is 0 Å². The van der Waals surface area contributed by atoms with Crippen molar-refractivity contribution in [3.8, 4) is 0 Å². The first-order valence-electron chi connectivity index (χ1n) is 9.36. The Kier molecular flexibility index (Phi) is 8.74. The van der Waals surface area contributed by atoms with Crippen molar-refractivity contribution >= 4 is 19.5 Å². The van der Waals surface area contributed by atoms with Gasteiger partial charge in [-0.25, -0.2) is 0 Å². The van der Waals surface area contributed by atoms with E-state index in [1.807, 2.05) is 0 Å². The van der Waals surface area contributed by atoms with Gasteiger partial charge in [0, 0.05) is 0 Å². The average molecular weight is 363 g/mol. The number of rotatable bonds is 8. The minimum absolute atomic E-state index is 0.403. The molecule has 2 saturated carbocycles. The highest BCUT2D eigenvalue weighted by Crippen LogP contribution is 2.29. The van der Waals surface area contributed by atoms with Gasteiger partial charge in [-0.1, -0.05) is 12.8 Å². The van der Waals surface area contributed by atoms with Gasteiger partial charge in [0.25, 0.3) is 0 Å². The van der Waals surface area contributed by atoms with Crippen molar-refractivity contribution < 1.29 is 24.5 Å². The summed E-state index contributed by atoms with van der Waals surface area (Å²) in [5.41, 5.74) is 0. The Morgan fingerprint density at radius 2 is 1.09 bits per heavy atom. The van der Waals surface area contributed by atoms with Crippen LogP contribution in [0, 0.1) is 11.8 Å². The van der Waals surface area contributed by atoms with Crippen molar-refractivity contribution in [3.63, 3.8) is 0 Å². The van der Waals surface area contributed by atoms with Crippen molar-refractivity contribution in [1.29, 1.82) is 0 Å². The maximum Gasteiger partial charge on any atom is 0.146 e. The van der Waals surface area contributed by atoms with E-state index in [9.17, 15) is 20.4 Å². The topological polar surface area (TPSA) is 90.2 Å². The van der Waals surface area contributed by atoms with Crippen LogP contribution in [0.4, 0.5) is 0 Å². The summed E-state index contributed by atoms with van der Waals surface area (Å²) >= 11 is 0. The molecule has 4 N–H and O–H groups in total. The fraction of sp³-hybridized carbons (Fsp3) is 1.00. The highest BCUT2D eigenvalue weighted by atomic mass is 28.3. The van der Waals surface area contributed by atoms with E-state index in [2.05, 4.69) is 0 Å². The SMILES string of the molecule is OC1CCC(CC[SiH2]O[SiH2]CCC2CCC(O)C(O)C2)CC1O. The second kappa shape index (κ2) is 10.3. The van der Waals surface area contributed by atoms with Crippen LogP contribution in [-0.2, 0) is 4.12 Å². The smallest absolute Gasteiger partial charge is 0.146 e. The van der Waals surface area contributed by atoms with Crippen LogP contribution in [0.25, 0.3) is 0 Å². The van der Waals surface area contributed by atoms with Crippen LogP contribution >= 0.6 is 0 Å². The third-order valence-corrected chi connectivity index (χ3v) is 9.28. The Balaban J connectivity index is 1.43. The summed E-state index contributed by atoms with van der Waals surface area (Å²) in [6.07, 6.45) is 5.32. The van der Waals surface area contributed by atoms with Gasteiger partial charge in [-0.05, 0) is 62.4 Å². The summed E-state index contributed by atoms with van der Waals surface area (Å²) in [5, 5.41) is 38.4. The first kappa shape index (κ1) is 19.6. The molecule has 136 valence electrons. The Morgan fingerprint density at radius 1 is 0.652 bits per heavy atom. The zero-order valence-electron chi connectivity index (χ0n) is 14.1. The zero-order chi connectivity index (χ0) is 16.7. The van der Waals surface area contributed by atoms with Gasteiger partial charge in [0.1, 0.15) is 19.5 Å². The molecule has 2 rings (SSSR count). The summed E-state index contributed by atoms with van der Waals surface area (Å²) in [6, 6.07) is 2.38. The Hall–Kier alpha value is 0.234. The maximum atomic E-state index is 9.68. The van der Waals surface area contributed by atoms with Crippen molar-refractivity contribution in [2.24, 2.45) is 11.8 Å². The fourth-order valence-corrected chi connectivity index (χ4v) is 7.94. The number of hydrogen-bond donors (Lipinski definition) is 4. The summed E-state index contributed by atoms with van der Waals surface area (Å²) in [4.78, 5) is 0. The number of aliphatic hydroxyl groups excluding tert-OH is 4. The van der Waals surface area contributed by atoms with Gasteiger partial charge >= 0.3 is 0 Å². The lowest BCUT2D eigenvalue weighted by Crippen LogP contribution is -2.33. The number of aliphatic hydroxyl groups is 4. The molecule has 0 aliphatic heterocycles. The Labute approximate surface area is 144 Å². The van der Waals surface area contributed by atoms with E-state index in [1.54, 1.807) is 0 Å². The lowest BCUT2D eigenvalue weighted by Gasteiger charge is -2.30. The van der Waals surface area contributed by atoms with Gasteiger partial charge in [0.15, 0.2) is 0 Å². The molecule has 0 heterocycles. The van der Waals surface area contributed by atoms with Gasteiger partial charge in [-0.15, -0.1) is 0 Å². The molecule has 0 bridgehead atoms. The van der Waals surface area contributed by atoms with E-state index in [-0.39, 0.29) is 0 Å². The van der Waals surface area contributed by atoms with E-state index < -0.39 is 43.9 Å². The van der Waals surface area contributed by atoms with Crippen LogP contribution in [0.1, 0.15) is 51.4 Å². The van der Waals surface area contributed by atoms with Crippen LogP contribution in [-0.4, -0.2) is 64.4 Å². The molecule has 0 radical (unpaired) electrons. The lowest BCUT2D eigenvalue weighted by molar-refractivity contribution is -0.0258. The summed E-state index contributed by atoms with van der Waals surface area (Å²) in [7, 11) is -0.806. The molecule has 0 saturated heterocycles. The molecule has 2 aliphatic rings. The molecule has 0 spiro atoms. The zero-order valence-corrected chi connectivity index (χ0v) is 17.0. The molecule has 6 unspecified atom stereocenters. The van der Waals surface area contributed by atoms with E-state index >= 15 is 0 Å². The van der Waals surface area contributed by atoms with Crippen molar-refractivity contribution in [2.75, 3.05) is 0 Å². The van der Waals surface area contributed by atoms with Gasteiger partial charge in [-0.3, -0.25) is 0 Å². The molecule has 0 aromatic heterocycles. The first-order chi connectivity index (χ1) is 11.1. The second-order valence-electron chi connectivity index (χ2n) is 7.52. The monoisotopic (exact) mass is 362 g/mol. The van der Waals surface area contributed by atoms with Crippen LogP contribution in [0.3, 0.4) is 0 Å². The summed E-state index contributed by atoms with van der Waals surface area (Å²) < 4.78 is 5.97. The Morgan fingerprint density at radius 3 is 1.48 bits per heavy atom. The third kappa shape index (κ3) is 6.93.